The maximum Gasteiger partial charge on any atom is 0.213 e. The molecule has 0 aliphatic carbocycles. The normalized spacial score (nSPS) is 12.5. The summed E-state index contributed by atoms with van der Waals surface area (Å²) in [5, 5.41) is 3.03. The number of likely N-dealkylation sites (N-methyl/N-ethyl adjacent to an activating group) is 1. The van der Waals surface area contributed by atoms with Crippen LogP contribution < -0.4 is 10.1 Å². The molecule has 1 rings (SSSR count). The summed E-state index contributed by atoms with van der Waals surface area (Å²) in [6.07, 6.45) is 1.88. The van der Waals surface area contributed by atoms with E-state index in [0.29, 0.717) is 5.88 Å². The molecule has 0 spiro atoms. The van der Waals surface area contributed by atoms with Crippen molar-refractivity contribution in [2.75, 3.05) is 13.6 Å². The first-order chi connectivity index (χ1) is 5.83. The van der Waals surface area contributed by atoms with Crippen LogP contribution in [0.1, 0.15) is 6.92 Å². The topological polar surface area (TPSA) is 34.1 Å². The fourth-order valence-electron chi connectivity index (χ4n) is 0.952. The van der Waals surface area contributed by atoms with Gasteiger partial charge in [-0.05, 0) is 20.0 Å². The van der Waals surface area contributed by atoms with Gasteiger partial charge in [-0.1, -0.05) is 6.07 Å². The number of hydrogen-bond donors (Lipinski definition) is 1. The molecule has 0 aromatic carbocycles. The van der Waals surface area contributed by atoms with Crippen LogP contribution >= 0.6 is 0 Å². The summed E-state index contributed by atoms with van der Waals surface area (Å²) in [7, 11) is 1.90. The smallest absolute Gasteiger partial charge is 0.213 e. The molecule has 1 N–H and O–H groups in total. The van der Waals surface area contributed by atoms with Gasteiger partial charge in [0.05, 0.1) is 0 Å². The molecule has 0 bridgehead atoms. The van der Waals surface area contributed by atoms with E-state index in [1.165, 1.54) is 0 Å². The summed E-state index contributed by atoms with van der Waals surface area (Å²) in [6.45, 7) is 2.84. The first-order valence-electron chi connectivity index (χ1n) is 4.05. The highest BCUT2D eigenvalue weighted by atomic mass is 16.5. The highest BCUT2D eigenvalue weighted by Crippen LogP contribution is 2.05. The van der Waals surface area contributed by atoms with Crippen molar-refractivity contribution in [1.29, 1.82) is 0 Å². The zero-order chi connectivity index (χ0) is 8.81. The molecule has 0 aliphatic rings. The first kappa shape index (κ1) is 9.00. The van der Waals surface area contributed by atoms with E-state index in [1.54, 1.807) is 6.20 Å². The Balaban J connectivity index is 2.41. The molecule has 3 nitrogen and oxygen atoms in total. The minimum atomic E-state index is 0.157. The van der Waals surface area contributed by atoms with Crippen molar-refractivity contribution in [3.8, 4) is 5.88 Å². The Morgan fingerprint density at radius 3 is 3.00 bits per heavy atom. The van der Waals surface area contributed by atoms with Gasteiger partial charge >= 0.3 is 0 Å². The fraction of sp³-hybridized carbons (Fsp3) is 0.444. The Bertz CT molecular complexity index is 213. The maximum atomic E-state index is 5.48. The van der Waals surface area contributed by atoms with Crippen LogP contribution in [0, 0.1) is 0 Å². The Kier molecular flexibility index (Phi) is 3.54. The van der Waals surface area contributed by atoms with Crippen LogP contribution in [0.2, 0.25) is 0 Å². The van der Waals surface area contributed by atoms with E-state index >= 15 is 0 Å². The van der Waals surface area contributed by atoms with Crippen molar-refractivity contribution in [3.05, 3.63) is 24.4 Å². The van der Waals surface area contributed by atoms with Gasteiger partial charge in [-0.25, -0.2) is 4.98 Å². The second kappa shape index (κ2) is 4.72. The van der Waals surface area contributed by atoms with Crippen molar-refractivity contribution in [2.45, 2.75) is 13.0 Å². The molecule has 12 heavy (non-hydrogen) atoms. The van der Waals surface area contributed by atoms with Gasteiger partial charge in [0, 0.05) is 18.8 Å². The Morgan fingerprint density at radius 1 is 1.58 bits per heavy atom. The van der Waals surface area contributed by atoms with Crippen molar-refractivity contribution in [3.63, 3.8) is 0 Å². The number of rotatable bonds is 4. The lowest BCUT2D eigenvalue weighted by molar-refractivity contribution is 0.212. The third-order valence-corrected chi connectivity index (χ3v) is 1.45. The van der Waals surface area contributed by atoms with E-state index in [4.69, 9.17) is 4.74 Å². The number of aromatic nitrogens is 1. The SMILES string of the molecule is CNCC(C)Oc1ccccn1. The van der Waals surface area contributed by atoms with Gasteiger partial charge in [0.25, 0.3) is 0 Å². The lowest BCUT2D eigenvalue weighted by Crippen LogP contribution is -2.26. The zero-order valence-corrected chi connectivity index (χ0v) is 7.45. The highest BCUT2D eigenvalue weighted by molar-refractivity contribution is 5.09. The summed E-state index contributed by atoms with van der Waals surface area (Å²) in [6, 6.07) is 5.64. The van der Waals surface area contributed by atoms with Crippen LogP contribution in [0.3, 0.4) is 0 Å². The van der Waals surface area contributed by atoms with E-state index in [-0.39, 0.29) is 6.10 Å². The Morgan fingerprint density at radius 2 is 2.42 bits per heavy atom. The van der Waals surface area contributed by atoms with Gasteiger partial charge in [-0.2, -0.15) is 0 Å². The Hall–Kier alpha value is -1.09. The molecule has 0 saturated carbocycles. The number of hydrogen-bond acceptors (Lipinski definition) is 3. The highest BCUT2D eigenvalue weighted by Gasteiger charge is 2.01. The van der Waals surface area contributed by atoms with E-state index in [2.05, 4.69) is 10.3 Å². The van der Waals surface area contributed by atoms with E-state index in [0.717, 1.165) is 6.54 Å². The zero-order valence-electron chi connectivity index (χ0n) is 7.45. The second-order valence-corrected chi connectivity index (χ2v) is 2.65. The minimum Gasteiger partial charge on any atom is -0.473 e. The lowest BCUT2D eigenvalue weighted by Gasteiger charge is -2.12. The summed E-state index contributed by atoms with van der Waals surface area (Å²) < 4.78 is 5.48. The summed E-state index contributed by atoms with van der Waals surface area (Å²) in [5.41, 5.74) is 0. The van der Waals surface area contributed by atoms with Gasteiger partial charge in [0.1, 0.15) is 6.10 Å². The molecule has 0 aliphatic heterocycles. The molecule has 0 radical (unpaired) electrons. The van der Waals surface area contributed by atoms with Crippen LogP contribution in [0.15, 0.2) is 24.4 Å². The molecule has 0 saturated heterocycles. The average Bonchev–Trinajstić information content (AvgIpc) is 2.06. The van der Waals surface area contributed by atoms with Crippen LogP contribution in [0.25, 0.3) is 0 Å². The molecular weight excluding hydrogens is 152 g/mol. The van der Waals surface area contributed by atoms with Crippen LogP contribution in [0.5, 0.6) is 5.88 Å². The fourth-order valence-corrected chi connectivity index (χ4v) is 0.952. The molecule has 1 unspecified atom stereocenters. The van der Waals surface area contributed by atoms with Crippen molar-refractivity contribution < 1.29 is 4.74 Å². The average molecular weight is 166 g/mol. The third-order valence-electron chi connectivity index (χ3n) is 1.45. The molecule has 1 aromatic heterocycles. The molecule has 66 valence electrons. The molecule has 0 amide bonds. The largest absolute Gasteiger partial charge is 0.473 e. The van der Waals surface area contributed by atoms with Crippen molar-refractivity contribution in [2.24, 2.45) is 0 Å². The van der Waals surface area contributed by atoms with Crippen LogP contribution in [0.4, 0.5) is 0 Å². The molecular formula is C9H14N2O. The second-order valence-electron chi connectivity index (χ2n) is 2.65. The van der Waals surface area contributed by atoms with E-state index in [1.807, 2.05) is 32.2 Å². The lowest BCUT2D eigenvalue weighted by atomic mass is 10.4. The predicted octanol–water partition coefficient (Wildman–Crippen LogP) is 1.07. The molecule has 1 heterocycles. The van der Waals surface area contributed by atoms with Crippen LogP contribution in [-0.4, -0.2) is 24.7 Å². The van der Waals surface area contributed by atoms with Gasteiger partial charge in [-0.15, -0.1) is 0 Å². The molecule has 0 fully saturated rings. The van der Waals surface area contributed by atoms with Gasteiger partial charge in [0.15, 0.2) is 0 Å². The maximum absolute atomic E-state index is 5.48. The Labute approximate surface area is 72.8 Å². The number of pyridine rings is 1. The number of nitrogens with one attached hydrogen (secondary N) is 1. The van der Waals surface area contributed by atoms with E-state index in [9.17, 15) is 0 Å². The van der Waals surface area contributed by atoms with Crippen molar-refractivity contribution >= 4 is 0 Å². The standard InChI is InChI=1S/C9H14N2O/c1-8(7-10-2)12-9-5-3-4-6-11-9/h3-6,8,10H,7H2,1-2H3. The minimum absolute atomic E-state index is 0.157. The van der Waals surface area contributed by atoms with Crippen molar-refractivity contribution in [1.82, 2.24) is 10.3 Å². The molecule has 1 atom stereocenters. The third kappa shape index (κ3) is 2.88. The summed E-state index contributed by atoms with van der Waals surface area (Å²) >= 11 is 0. The summed E-state index contributed by atoms with van der Waals surface area (Å²) in [4.78, 5) is 4.05. The first-order valence-corrected chi connectivity index (χ1v) is 4.05. The van der Waals surface area contributed by atoms with E-state index < -0.39 is 0 Å². The van der Waals surface area contributed by atoms with Gasteiger partial charge < -0.3 is 10.1 Å². The summed E-state index contributed by atoms with van der Waals surface area (Å²) in [5.74, 6) is 0.681. The number of nitrogens with zero attached hydrogens (tertiary/aromatic N) is 1. The van der Waals surface area contributed by atoms with Crippen LogP contribution in [-0.2, 0) is 0 Å². The van der Waals surface area contributed by atoms with Gasteiger partial charge in [-0.3, -0.25) is 0 Å². The van der Waals surface area contributed by atoms with Gasteiger partial charge in [0.2, 0.25) is 5.88 Å². The predicted molar refractivity (Wildman–Crippen MR) is 48.3 cm³/mol. The quantitative estimate of drug-likeness (QED) is 0.726. The molecule has 3 heteroatoms. The monoisotopic (exact) mass is 166 g/mol. The number of ether oxygens (including phenoxy) is 1. The molecule has 1 aromatic rings.